The number of carbonyl (C=O) groups excluding carboxylic acids is 1. The number of aryl methyl sites for hydroxylation is 2. The van der Waals surface area contributed by atoms with Gasteiger partial charge in [-0.05, 0) is 44.5 Å². The van der Waals surface area contributed by atoms with Gasteiger partial charge >= 0.3 is 5.97 Å². The van der Waals surface area contributed by atoms with Crippen molar-refractivity contribution in [2.45, 2.75) is 33.9 Å². The first kappa shape index (κ1) is 18.6. The van der Waals surface area contributed by atoms with Crippen LogP contribution in [-0.2, 0) is 22.7 Å². The van der Waals surface area contributed by atoms with Crippen molar-refractivity contribution in [3.8, 4) is 0 Å². The summed E-state index contributed by atoms with van der Waals surface area (Å²) in [6.45, 7) is 6.88. The highest BCUT2D eigenvalue weighted by molar-refractivity contribution is 5.87. The van der Waals surface area contributed by atoms with Crippen molar-refractivity contribution >= 4 is 12.0 Å². The predicted octanol–water partition coefficient (Wildman–Crippen LogP) is 4.01. The van der Waals surface area contributed by atoms with Crippen molar-refractivity contribution < 1.29 is 9.53 Å². The maximum Gasteiger partial charge on any atom is 0.331 e. The van der Waals surface area contributed by atoms with Gasteiger partial charge in [-0.1, -0.05) is 35.9 Å². The van der Waals surface area contributed by atoms with Gasteiger partial charge in [-0.3, -0.25) is 9.67 Å². The molecule has 0 spiro atoms. The Balaban J connectivity index is 1.65. The van der Waals surface area contributed by atoms with E-state index in [9.17, 15) is 4.79 Å². The van der Waals surface area contributed by atoms with Gasteiger partial charge in [-0.25, -0.2) is 4.79 Å². The monoisotopic (exact) mass is 361 g/mol. The molecular weight excluding hydrogens is 338 g/mol. The molecule has 2 heterocycles. The first-order chi connectivity index (χ1) is 13.0. The third-order valence-corrected chi connectivity index (χ3v) is 4.36. The highest BCUT2D eigenvalue weighted by atomic mass is 16.5. The molecule has 0 amide bonds. The van der Waals surface area contributed by atoms with E-state index >= 15 is 0 Å². The molecule has 1 aromatic carbocycles. The number of esters is 1. The maximum absolute atomic E-state index is 12.0. The largest absolute Gasteiger partial charge is 0.456 e. The molecule has 0 radical (unpaired) electrons. The highest BCUT2D eigenvalue weighted by Gasteiger charge is 2.10. The summed E-state index contributed by atoms with van der Waals surface area (Å²) in [4.78, 5) is 16.1. The molecule has 3 aromatic rings. The molecule has 27 heavy (non-hydrogen) atoms. The van der Waals surface area contributed by atoms with Gasteiger partial charge in [0.1, 0.15) is 6.61 Å². The Bertz CT molecular complexity index is 942. The van der Waals surface area contributed by atoms with Crippen LogP contribution in [0.4, 0.5) is 0 Å². The van der Waals surface area contributed by atoms with Crippen LogP contribution in [0.1, 0.15) is 33.8 Å². The number of benzene rings is 1. The van der Waals surface area contributed by atoms with Crippen LogP contribution in [0, 0.1) is 20.8 Å². The first-order valence-electron chi connectivity index (χ1n) is 8.87. The third-order valence-electron chi connectivity index (χ3n) is 4.36. The number of nitrogens with zero attached hydrogens (tertiary/aromatic N) is 3. The van der Waals surface area contributed by atoms with Gasteiger partial charge in [0, 0.05) is 23.5 Å². The molecule has 0 N–H and O–H groups in total. The van der Waals surface area contributed by atoms with Crippen LogP contribution in [0.2, 0.25) is 0 Å². The van der Waals surface area contributed by atoms with Gasteiger partial charge in [-0.15, -0.1) is 0 Å². The normalized spacial score (nSPS) is 11.1. The number of ether oxygens (including phenoxy) is 1. The van der Waals surface area contributed by atoms with E-state index in [-0.39, 0.29) is 6.61 Å². The Labute approximate surface area is 159 Å². The van der Waals surface area contributed by atoms with Crippen LogP contribution < -0.4 is 0 Å². The van der Waals surface area contributed by atoms with E-state index in [0.29, 0.717) is 6.54 Å². The van der Waals surface area contributed by atoms with Crippen LogP contribution in [0.25, 0.3) is 6.08 Å². The summed E-state index contributed by atoms with van der Waals surface area (Å²) in [7, 11) is 0. The summed E-state index contributed by atoms with van der Waals surface area (Å²) < 4.78 is 7.18. The number of carbonyl (C=O) groups is 1. The molecule has 2 aromatic heterocycles. The molecule has 0 aliphatic heterocycles. The topological polar surface area (TPSA) is 57.0 Å². The molecule has 0 aliphatic rings. The minimum atomic E-state index is -0.397. The lowest BCUT2D eigenvalue weighted by atomic mass is 10.1. The highest BCUT2D eigenvalue weighted by Crippen LogP contribution is 2.17. The molecular formula is C22H23N3O2. The Kier molecular flexibility index (Phi) is 5.81. The number of hydrogen-bond donors (Lipinski definition) is 0. The van der Waals surface area contributed by atoms with Gasteiger partial charge < -0.3 is 4.74 Å². The summed E-state index contributed by atoms with van der Waals surface area (Å²) in [5, 5.41) is 4.60. The number of hydrogen-bond acceptors (Lipinski definition) is 4. The van der Waals surface area contributed by atoms with Crippen molar-refractivity contribution in [1.29, 1.82) is 0 Å². The molecule has 5 heteroatoms. The number of rotatable bonds is 6. The summed E-state index contributed by atoms with van der Waals surface area (Å²) in [6, 6.07) is 13.9. The zero-order valence-electron chi connectivity index (χ0n) is 15.8. The van der Waals surface area contributed by atoms with Gasteiger partial charge in [0.05, 0.1) is 17.9 Å². The summed E-state index contributed by atoms with van der Waals surface area (Å²) in [5.41, 5.74) is 5.99. The second-order valence-corrected chi connectivity index (χ2v) is 6.49. The van der Waals surface area contributed by atoms with Crippen molar-refractivity contribution in [3.05, 3.63) is 88.5 Å². The van der Waals surface area contributed by atoms with Gasteiger partial charge in [0.2, 0.25) is 0 Å². The quantitative estimate of drug-likeness (QED) is 0.492. The maximum atomic E-state index is 12.0. The smallest absolute Gasteiger partial charge is 0.331 e. The fourth-order valence-electron chi connectivity index (χ4n) is 2.80. The standard InChI is InChI=1S/C22H23N3O2/c1-16-7-9-19(10-8-16)14-25-18(3)21(17(2)24-25)11-12-22(26)27-15-20-6-4-5-13-23-20/h4-13H,14-15H2,1-3H3/b12-11+. The lowest BCUT2D eigenvalue weighted by molar-refractivity contribution is -0.139. The van der Waals surface area contributed by atoms with Crippen molar-refractivity contribution in [2.24, 2.45) is 0 Å². The Morgan fingerprint density at radius 3 is 2.59 bits per heavy atom. The Hall–Kier alpha value is -3.21. The Morgan fingerprint density at radius 1 is 1.11 bits per heavy atom. The molecule has 0 atom stereocenters. The van der Waals surface area contributed by atoms with E-state index in [1.165, 1.54) is 17.2 Å². The molecule has 0 fully saturated rings. The minimum Gasteiger partial charge on any atom is -0.456 e. The molecule has 3 rings (SSSR count). The van der Waals surface area contributed by atoms with E-state index in [0.717, 1.165) is 22.6 Å². The molecule has 0 saturated carbocycles. The van der Waals surface area contributed by atoms with Crippen molar-refractivity contribution in [1.82, 2.24) is 14.8 Å². The molecule has 5 nitrogen and oxygen atoms in total. The van der Waals surface area contributed by atoms with Crippen LogP contribution in [-0.4, -0.2) is 20.7 Å². The second kappa shape index (κ2) is 8.45. The Morgan fingerprint density at radius 2 is 1.89 bits per heavy atom. The van der Waals surface area contributed by atoms with Crippen LogP contribution in [0.5, 0.6) is 0 Å². The zero-order chi connectivity index (χ0) is 19.2. The van der Waals surface area contributed by atoms with Crippen LogP contribution in [0.3, 0.4) is 0 Å². The molecule has 0 unspecified atom stereocenters. The van der Waals surface area contributed by atoms with E-state index in [2.05, 4.69) is 41.3 Å². The van der Waals surface area contributed by atoms with Gasteiger partial charge in [-0.2, -0.15) is 5.10 Å². The van der Waals surface area contributed by atoms with Crippen LogP contribution in [0.15, 0.2) is 54.7 Å². The van der Waals surface area contributed by atoms with Crippen molar-refractivity contribution in [3.63, 3.8) is 0 Å². The average molecular weight is 361 g/mol. The van der Waals surface area contributed by atoms with E-state index < -0.39 is 5.97 Å². The summed E-state index contributed by atoms with van der Waals surface area (Å²) in [5.74, 6) is -0.397. The summed E-state index contributed by atoms with van der Waals surface area (Å²) >= 11 is 0. The van der Waals surface area contributed by atoms with Gasteiger partial charge in [0.15, 0.2) is 0 Å². The molecule has 0 aliphatic carbocycles. The second-order valence-electron chi connectivity index (χ2n) is 6.49. The molecule has 0 saturated heterocycles. The van der Waals surface area contributed by atoms with E-state index in [4.69, 9.17) is 4.74 Å². The first-order valence-corrected chi connectivity index (χ1v) is 8.87. The van der Waals surface area contributed by atoms with Gasteiger partial charge in [0.25, 0.3) is 0 Å². The lowest BCUT2D eigenvalue weighted by Crippen LogP contribution is -2.04. The summed E-state index contributed by atoms with van der Waals surface area (Å²) in [6.07, 6.45) is 4.88. The SMILES string of the molecule is Cc1ccc(Cn2nc(C)c(/C=C/C(=O)OCc3ccccn3)c2C)cc1. The van der Waals surface area contributed by atoms with Crippen LogP contribution >= 0.6 is 0 Å². The minimum absolute atomic E-state index is 0.161. The lowest BCUT2D eigenvalue weighted by Gasteiger charge is -2.05. The van der Waals surface area contributed by atoms with E-state index in [1.54, 1.807) is 12.3 Å². The third kappa shape index (κ3) is 4.91. The van der Waals surface area contributed by atoms with Crippen molar-refractivity contribution in [2.75, 3.05) is 0 Å². The number of aromatic nitrogens is 3. The molecule has 138 valence electrons. The number of pyridine rings is 1. The fourth-order valence-corrected chi connectivity index (χ4v) is 2.80. The predicted molar refractivity (Wildman–Crippen MR) is 105 cm³/mol. The average Bonchev–Trinajstić information content (AvgIpc) is 2.94. The fraction of sp³-hybridized carbons (Fsp3) is 0.227. The molecule has 0 bridgehead atoms. The van der Waals surface area contributed by atoms with E-state index in [1.807, 2.05) is 36.7 Å². The zero-order valence-corrected chi connectivity index (χ0v) is 15.8.